The first-order chi connectivity index (χ1) is 15.3. The Hall–Kier alpha value is -3.86. The highest BCUT2D eigenvalue weighted by molar-refractivity contribution is 6.46. The van der Waals surface area contributed by atoms with E-state index in [2.05, 4.69) is 11.4 Å². The SMILES string of the molecule is COc1ccccc1C1=C(Nc2cc(C)cc(C)c2)C(=O)N(c2ccc(C)c(C)c2)C1=O. The lowest BCUT2D eigenvalue weighted by Gasteiger charge is -2.17. The van der Waals surface area contributed by atoms with Crippen LogP contribution in [0.25, 0.3) is 5.57 Å². The van der Waals surface area contributed by atoms with Gasteiger partial charge in [0.1, 0.15) is 11.4 Å². The van der Waals surface area contributed by atoms with Gasteiger partial charge in [0, 0.05) is 11.3 Å². The van der Waals surface area contributed by atoms with E-state index in [1.165, 1.54) is 4.90 Å². The quantitative estimate of drug-likeness (QED) is 0.561. The topological polar surface area (TPSA) is 58.6 Å². The first-order valence-electron chi connectivity index (χ1n) is 10.5. The Morgan fingerprint density at radius 3 is 2.12 bits per heavy atom. The number of hydrogen-bond acceptors (Lipinski definition) is 4. The second-order valence-corrected chi connectivity index (χ2v) is 8.17. The molecular formula is C27H26N2O3. The number of hydrogen-bond donors (Lipinski definition) is 1. The van der Waals surface area contributed by atoms with Gasteiger partial charge in [-0.1, -0.05) is 30.3 Å². The van der Waals surface area contributed by atoms with E-state index in [1.54, 1.807) is 25.3 Å². The smallest absolute Gasteiger partial charge is 0.282 e. The van der Waals surface area contributed by atoms with Gasteiger partial charge in [-0.05, 0) is 80.3 Å². The van der Waals surface area contributed by atoms with E-state index < -0.39 is 5.91 Å². The Morgan fingerprint density at radius 1 is 0.781 bits per heavy atom. The van der Waals surface area contributed by atoms with Gasteiger partial charge in [-0.25, -0.2) is 4.90 Å². The summed E-state index contributed by atoms with van der Waals surface area (Å²) in [5, 5.41) is 3.24. The van der Waals surface area contributed by atoms with Crippen LogP contribution in [0, 0.1) is 27.7 Å². The summed E-state index contributed by atoms with van der Waals surface area (Å²) in [5.74, 6) is -0.238. The molecule has 5 heteroatoms. The largest absolute Gasteiger partial charge is 0.496 e. The Morgan fingerprint density at radius 2 is 1.47 bits per heavy atom. The highest BCUT2D eigenvalue weighted by Crippen LogP contribution is 2.37. The van der Waals surface area contributed by atoms with Gasteiger partial charge < -0.3 is 10.1 Å². The number of imide groups is 1. The van der Waals surface area contributed by atoms with E-state index in [0.717, 1.165) is 27.9 Å². The fraction of sp³-hybridized carbons (Fsp3) is 0.185. The van der Waals surface area contributed by atoms with Gasteiger partial charge in [0.05, 0.1) is 18.4 Å². The third kappa shape index (κ3) is 3.78. The average Bonchev–Trinajstić information content (AvgIpc) is 2.99. The van der Waals surface area contributed by atoms with Crippen molar-refractivity contribution in [3.05, 3.63) is 94.2 Å². The molecule has 3 aromatic rings. The van der Waals surface area contributed by atoms with Crippen molar-refractivity contribution in [1.82, 2.24) is 0 Å². The first-order valence-corrected chi connectivity index (χ1v) is 10.5. The summed E-state index contributed by atoms with van der Waals surface area (Å²) in [5.41, 5.74) is 6.65. The molecule has 0 saturated heterocycles. The summed E-state index contributed by atoms with van der Waals surface area (Å²) < 4.78 is 5.51. The Labute approximate surface area is 188 Å². The lowest BCUT2D eigenvalue weighted by molar-refractivity contribution is -0.120. The predicted molar refractivity (Wildman–Crippen MR) is 128 cm³/mol. The molecule has 0 spiro atoms. The molecular weight excluding hydrogens is 400 g/mol. The number of para-hydroxylation sites is 1. The second kappa shape index (κ2) is 8.35. The van der Waals surface area contributed by atoms with Crippen molar-refractivity contribution >= 4 is 28.8 Å². The monoisotopic (exact) mass is 426 g/mol. The van der Waals surface area contributed by atoms with Crippen molar-refractivity contribution in [3.63, 3.8) is 0 Å². The molecule has 162 valence electrons. The molecule has 1 N–H and O–H groups in total. The zero-order chi connectivity index (χ0) is 23.0. The minimum Gasteiger partial charge on any atom is -0.496 e. The van der Waals surface area contributed by atoms with E-state index in [-0.39, 0.29) is 11.6 Å². The van der Waals surface area contributed by atoms with Gasteiger partial charge in [-0.15, -0.1) is 0 Å². The number of nitrogens with zero attached hydrogens (tertiary/aromatic N) is 1. The predicted octanol–water partition coefficient (Wildman–Crippen LogP) is 5.33. The van der Waals surface area contributed by atoms with Crippen molar-refractivity contribution < 1.29 is 14.3 Å². The Kier molecular flexibility index (Phi) is 5.57. The molecule has 0 aromatic heterocycles. The molecule has 0 fully saturated rings. The lowest BCUT2D eigenvalue weighted by atomic mass is 10.0. The molecule has 0 atom stereocenters. The molecule has 1 aliphatic rings. The Bertz CT molecular complexity index is 1250. The average molecular weight is 427 g/mol. The number of rotatable bonds is 5. The molecule has 32 heavy (non-hydrogen) atoms. The molecule has 5 nitrogen and oxygen atoms in total. The van der Waals surface area contributed by atoms with Crippen molar-refractivity contribution in [2.45, 2.75) is 27.7 Å². The fourth-order valence-electron chi connectivity index (χ4n) is 4.04. The van der Waals surface area contributed by atoms with Crippen molar-refractivity contribution in [1.29, 1.82) is 0 Å². The number of aryl methyl sites for hydroxylation is 4. The maximum absolute atomic E-state index is 13.7. The third-order valence-corrected chi connectivity index (χ3v) is 5.70. The number of anilines is 2. The standard InChI is InChI=1S/C27H26N2O3/c1-16-12-17(2)14-20(13-16)28-25-24(22-8-6-7-9-23(22)32-5)26(30)29(27(25)31)21-11-10-18(3)19(4)15-21/h6-15,28H,1-5H3. The lowest BCUT2D eigenvalue weighted by Crippen LogP contribution is -2.32. The number of ether oxygens (including phenoxy) is 1. The number of nitrogens with one attached hydrogen (secondary N) is 1. The van der Waals surface area contributed by atoms with Crippen molar-refractivity contribution in [2.75, 3.05) is 17.3 Å². The van der Waals surface area contributed by atoms with Crippen LogP contribution in [0.4, 0.5) is 11.4 Å². The molecule has 2 amide bonds. The van der Waals surface area contributed by atoms with Crippen LogP contribution in [0.1, 0.15) is 27.8 Å². The van der Waals surface area contributed by atoms with Gasteiger partial charge in [0.25, 0.3) is 11.8 Å². The molecule has 0 bridgehead atoms. The van der Waals surface area contributed by atoms with Crippen LogP contribution in [-0.4, -0.2) is 18.9 Å². The van der Waals surface area contributed by atoms with Crippen LogP contribution in [0.2, 0.25) is 0 Å². The number of amides is 2. The highest BCUT2D eigenvalue weighted by atomic mass is 16.5. The molecule has 4 rings (SSSR count). The molecule has 0 aliphatic carbocycles. The summed E-state index contributed by atoms with van der Waals surface area (Å²) in [6.45, 7) is 7.96. The van der Waals surface area contributed by atoms with Crippen molar-refractivity contribution in [3.8, 4) is 5.75 Å². The third-order valence-electron chi connectivity index (χ3n) is 5.70. The summed E-state index contributed by atoms with van der Waals surface area (Å²) >= 11 is 0. The number of carbonyl (C=O) groups is 2. The summed E-state index contributed by atoms with van der Waals surface area (Å²) in [4.78, 5) is 28.5. The number of carbonyl (C=O) groups excluding carboxylic acids is 2. The summed E-state index contributed by atoms with van der Waals surface area (Å²) in [6, 6.07) is 18.8. The van der Waals surface area contributed by atoms with E-state index in [9.17, 15) is 9.59 Å². The molecule has 0 radical (unpaired) electrons. The maximum Gasteiger partial charge on any atom is 0.282 e. The van der Waals surface area contributed by atoms with Crippen LogP contribution in [0.3, 0.4) is 0 Å². The summed E-state index contributed by atoms with van der Waals surface area (Å²) in [6.07, 6.45) is 0. The normalized spacial score (nSPS) is 13.7. The molecule has 1 aliphatic heterocycles. The Balaban J connectivity index is 1.88. The molecule has 3 aromatic carbocycles. The van der Waals surface area contributed by atoms with Gasteiger partial charge in [-0.3, -0.25) is 9.59 Å². The van der Waals surface area contributed by atoms with Gasteiger partial charge >= 0.3 is 0 Å². The number of benzene rings is 3. The van der Waals surface area contributed by atoms with E-state index in [0.29, 0.717) is 22.6 Å². The van der Waals surface area contributed by atoms with E-state index in [4.69, 9.17) is 4.74 Å². The zero-order valence-electron chi connectivity index (χ0n) is 18.9. The van der Waals surface area contributed by atoms with Crippen molar-refractivity contribution in [2.24, 2.45) is 0 Å². The summed E-state index contributed by atoms with van der Waals surface area (Å²) in [7, 11) is 1.55. The minimum absolute atomic E-state index is 0.239. The molecule has 0 unspecified atom stereocenters. The van der Waals surface area contributed by atoms with Gasteiger partial charge in [-0.2, -0.15) is 0 Å². The van der Waals surface area contributed by atoms with Gasteiger partial charge in [0.15, 0.2) is 0 Å². The minimum atomic E-state index is -0.390. The fourth-order valence-corrected chi connectivity index (χ4v) is 4.04. The maximum atomic E-state index is 13.7. The molecule has 1 heterocycles. The highest BCUT2D eigenvalue weighted by Gasteiger charge is 2.41. The van der Waals surface area contributed by atoms with E-state index >= 15 is 0 Å². The zero-order valence-corrected chi connectivity index (χ0v) is 18.9. The number of methoxy groups -OCH3 is 1. The molecule has 0 saturated carbocycles. The van der Waals surface area contributed by atoms with Crippen LogP contribution in [0.15, 0.2) is 66.4 Å². The van der Waals surface area contributed by atoms with Crippen LogP contribution >= 0.6 is 0 Å². The van der Waals surface area contributed by atoms with Gasteiger partial charge in [0.2, 0.25) is 0 Å². The first kappa shape index (κ1) is 21.4. The van der Waals surface area contributed by atoms with Crippen LogP contribution < -0.4 is 15.0 Å². The van der Waals surface area contributed by atoms with E-state index in [1.807, 2.05) is 64.1 Å². The van der Waals surface area contributed by atoms with Crippen LogP contribution in [0.5, 0.6) is 5.75 Å². The second-order valence-electron chi connectivity index (χ2n) is 8.17. The van der Waals surface area contributed by atoms with Crippen LogP contribution in [-0.2, 0) is 9.59 Å².